The molecule has 0 saturated heterocycles. The quantitative estimate of drug-likeness (QED) is 0.796. The van der Waals surface area contributed by atoms with Gasteiger partial charge in [0.2, 0.25) is 0 Å². The van der Waals surface area contributed by atoms with E-state index in [2.05, 4.69) is 13.0 Å². The van der Waals surface area contributed by atoms with Crippen molar-refractivity contribution in [3.63, 3.8) is 0 Å². The van der Waals surface area contributed by atoms with E-state index in [0.29, 0.717) is 19.7 Å². The molecule has 1 amide bonds. The summed E-state index contributed by atoms with van der Waals surface area (Å²) in [5.41, 5.74) is 2.85. The molecule has 0 bridgehead atoms. The minimum absolute atomic E-state index is 0.272. The molecule has 1 aliphatic rings. The standard InChI is InChI=1S/C18H26ClNO3/c1-6-12(11-22-5)15-7-13-9-20(10-14(13)8-16(15)19)17(21)23-18(2,3)4/h7-8,12H,6,9-11H2,1-5H3. The lowest BCUT2D eigenvalue weighted by Gasteiger charge is -2.24. The highest BCUT2D eigenvalue weighted by molar-refractivity contribution is 6.31. The van der Waals surface area contributed by atoms with Gasteiger partial charge in [-0.15, -0.1) is 0 Å². The fourth-order valence-electron chi connectivity index (χ4n) is 2.84. The van der Waals surface area contributed by atoms with Crippen LogP contribution in [0.1, 0.15) is 56.7 Å². The van der Waals surface area contributed by atoms with E-state index in [9.17, 15) is 4.79 Å². The Balaban J connectivity index is 2.18. The number of amides is 1. The van der Waals surface area contributed by atoms with Gasteiger partial charge in [0.15, 0.2) is 0 Å². The summed E-state index contributed by atoms with van der Waals surface area (Å²) in [6.07, 6.45) is 0.678. The second kappa shape index (κ2) is 7.10. The molecule has 128 valence electrons. The average molecular weight is 340 g/mol. The fraction of sp³-hybridized carbons (Fsp3) is 0.611. The topological polar surface area (TPSA) is 38.8 Å². The third kappa shape index (κ3) is 4.39. The van der Waals surface area contributed by atoms with Gasteiger partial charge in [0, 0.05) is 31.1 Å². The average Bonchev–Trinajstić information content (AvgIpc) is 2.85. The van der Waals surface area contributed by atoms with Crippen molar-refractivity contribution in [3.05, 3.63) is 33.8 Å². The molecule has 1 unspecified atom stereocenters. The SMILES string of the molecule is CCC(COC)c1cc2c(cc1Cl)CN(C(=O)OC(C)(C)C)C2. The maximum atomic E-state index is 12.2. The van der Waals surface area contributed by atoms with Crippen LogP contribution in [0.5, 0.6) is 0 Å². The summed E-state index contributed by atoms with van der Waals surface area (Å²) >= 11 is 6.46. The summed E-state index contributed by atoms with van der Waals surface area (Å²) in [4.78, 5) is 14.0. The van der Waals surface area contributed by atoms with Gasteiger partial charge in [-0.05, 0) is 49.9 Å². The van der Waals surface area contributed by atoms with Crippen LogP contribution in [0.3, 0.4) is 0 Å². The summed E-state index contributed by atoms with van der Waals surface area (Å²) in [5, 5.41) is 0.749. The molecule has 0 aliphatic carbocycles. The fourth-order valence-corrected chi connectivity index (χ4v) is 3.18. The van der Waals surface area contributed by atoms with E-state index in [1.807, 2.05) is 26.8 Å². The second-order valence-electron chi connectivity index (χ2n) is 7.04. The van der Waals surface area contributed by atoms with Crippen molar-refractivity contribution in [2.24, 2.45) is 0 Å². The van der Waals surface area contributed by atoms with Crippen molar-refractivity contribution in [2.45, 2.75) is 58.7 Å². The van der Waals surface area contributed by atoms with Crippen LogP contribution in [0.4, 0.5) is 4.79 Å². The summed E-state index contributed by atoms with van der Waals surface area (Å²) < 4.78 is 10.7. The zero-order valence-corrected chi connectivity index (χ0v) is 15.4. The highest BCUT2D eigenvalue weighted by atomic mass is 35.5. The zero-order valence-electron chi connectivity index (χ0n) is 14.6. The highest BCUT2D eigenvalue weighted by Gasteiger charge is 2.29. The maximum Gasteiger partial charge on any atom is 0.410 e. The third-order valence-corrected chi connectivity index (χ3v) is 4.32. The monoisotopic (exact) mass is 339 g/mol. The second-order valence-corrected chi connectivity index (χ2v) is 7.45. The Bertz CT molecular complexity index is 580. The van der Waals surface area contributed by atoms with E-state index >= 15 is 0 Å². The summed E-state index contributed by atoms with van der Waals surface area (Å²) in [5.74, 6) is 0.272. The number of methoxy groups -OCH3 is 1. The Morgan fingerprint density at radius 3 is 2.43 bits per heavy atom. The molecule has 0 aromatic heterocycles. The first-order valence-electron chi connectivity index (χ1n) is 8.03. The van der Waals surface area contributed by atoms with Gasteiger partial charge in [0.1, 0.15) is 5.60 Å². The molecular formula is C18H26ClNO3. The largest absolute Gasteiger partial charge is 0.444 e. The van der Waals surface area contributed by atoms with Crippen LogP contribution in [0.25, 0.3) is 0 Å². The van der Waals surface area contributed by atoms with Crippen molar-refractivity contribution >= 4 is 17.7 Å². The molecule has 4 nitrogen and oxygen atoms in total. The Morgan fingerprint density at radius 2 is 1.91 bits per heavy atom. The molecule has 23 heavy (non-hydrogen) atoms. The number of nitrogens with zero attached hydrogens (tertiary/aromatic N) is 1. The van der Waals surface area contributed by atoms with E-state index in [0.717, 1.165) is 28.1 Å². The predicted octanol–water partition coefficient (Wildman–Crippen LogP) is 4.73. The molecule has 0 radical (unpaired) electrons. The lowest BCUT2D eigenvalue weighted by atomic mass is 9.94. The van der Waals surface area contributed by atoms with Crippen LogP contribution in [0, 0.1) is 0 Å². The lowest BCUT2D eigenvalue weighted by molar-refractivity contribution is 0.0242. The molecule has 1 aromatic rings. The number of carbonyl (C=O) groups excluding carboxylic acids is 1. The maximum absolute atomic E-state index is 12.2. The minimum atomic E-state index is -0.486. The molecular weight excluding hydrogens is 314 g/mol. The van der Waals surface area contributed by atoms with Gasteiger partial charge in [-0.1, -0.05) is 24.6 Å². The van der Waals surface area contributed by atoms with Crippen molar-refractivity contribution in [3.8, 4) is 0 Å². The number of ether oxygens (including phenoxy) is 2. The van der Waals surface area contributed by atoms with Gasteiger partial charge in [-0.25, -0.2) is 4.79 Å². The molecule has 1 aromatic carbocycles. The first-order chi connectivity index (χ1) is 10.7. The first-order valence-corrected chi connectivity index (χ1v) is 8.41. The number of fused-ring (bicyclic) bond motifs is 1. The molecule has 0 N–H and O–H groups in total. The minimum Gasteiger partial charge on any atom is -0.444 e. The van der Waals surface area contributed by atoms with E-state index in [4.69, 9.17) is 21.1 Å². The van der Waals surface area contributed by atoms with Crippen molar-refractivity contribution in [1.29, 1.82) is 0 Å². The van der Waals surface area contributed by atoms with E-state index in [1.54, 1.807) is 12.0 Å². The highest BCUT2D eigenvalue weighted by Crippen LogP contribution is 2.34. The van der Waals surface area contributed by atoms with Crippen molar-refractivity contribution in [1.82, 2.24) is 4.90 Å². The van der Waals surface area contributed by atoms with Crippen LogP contribution in [-0.4, -0.2) is 30.3 Å². The van der Waals surface area contributed by atoms with E-state index in [1.165, 1.54) is 0 Å². The van der Waals surface area contributed by atoms with Gasteiger partial charge >= 0.3 is 6.09 Å². The first kappa shape index (κ1) is 18.1. The summed E-state index contributed by atoms with van der Waals surface area (Å²) in [6, 6.07) is 4.10. The normalized spacial score (nSPS) is 15.5. The number of hydrogen-bond donors (Lipinski definition) is 0. The molecule has 2 rings (SSSR count). The molecule has 1 heterocycles. The molecule has 0 fully saturated rings. The van der Waals surface area contributed by atoms with Crippen LogP contribution in [0.2, 0.25) is 5.02 Å². The van der Waals surface area contributed by atoms with E-state index < -0.39 is 5.60 Å². The number of halogens is 1. The Kier molecular flexibility index (Phi) is 5.58. The van der Waals surface area contributed by atoms with Crippen molar-refractivity contribution < 1.29 is 14.3 Å². The Morgan fingerprint density at radius 1 is 1.30 bits per heavy atom. The molecule has 0 spiro atoms. The molecule has 0 saturated carbocycles. The number of rotatable bonds is 4. The van der Waals surface area contributed by atoms with Gasteiger partial charge < -0.3 is 9.47 Å². The van der Waals surface area contributed by atoms with Crippen LogP contribution < -0.4 is 0 Å². The van der Waals surface area contributed by atoms with E-state index in [-0.39, 0.29) is 12.0 Å². The Labute approximate surface area is 143 Å². The van der Waals surface area contributed by atoms with Gasteiger partial charge in [-0.2, -0.15) is 0 Å². The molecule has 1 atom stereocenters. The zero-order chi connectivity index (χ0) is 17.2. The molecule has 1 aliphatic heterocycles. The summed E-state index contributed by atoms with van der Waals surface area (Å²) in [7, 11) is 1.70. The smallest absolute Gasteiger partial charge is 0.410 e. The van der Waals surface area contributed by atoms with Crippen LogP contribution >= 0.6 is 11.6 Å². The van der Waals surface area contributed by atoms with Crippen LogP contribution in [-0.2, 0) is 22.6 Å². The number of benzene rings is 1. The van der Waals surface area contributed by atoms with Gasteiger partial charge in [-0.3, -0.25) is 4.90 Å². The predicted molar refractivity (Wildman–Crippen MR) is 91.8 cm³/mol. The molecule has 5 heteroatoms. The van der Waals surface area contributed by atoms with Crippen LogP contribution in [0.15, 0.2) is 12.1 Å². The number of carbonyl (C=O) groups is 1. The number of hydrogen-bond acceptors (Lipinski definition) is 3. The third-order valence-electron chi connectivity index (χ3n) is 3.99. The lowest BCUT2D eigenvalue weighted by Crippen LogP contribution is -2.33. The summed E-state index contributed by atoms with van der Waals surface area (Å²) in [6.45, 7) is 9.51. The Hall–Kier alpha value is -1.26. The van der Waals surface area contributed by atoms with Gasteiger partial charge in [0.05, 0.1) is 6.61 Å². The van der Waals surface area contributed by atoms with Crippen molar-refractivity contribution in [2.75, 3.05) is 13.7 Å². The van der Waals surface area contributed by atoms with Gasteiger partial charge in [0.25, 0.3) is 0 Å².